The van der Waals surface area contributed by atoms with Gasteiger partial charge in [-0.1, -0.05) is 27.2 Å². The van der Waals surface area contributed by atoms with Crippen molar-refractivity contribution in [2.75, 3.05) is 19.6 Å². The van der Waals surface area contributed by atoms with Crippen molar-refractivity contribution < 1.29 is 0 Å². The number of halogens is 1. The molecular weight excluding hydrogens is 220 g/mol. The molecule has 1 saturated heterocycles. The Morgan fingerprint density at radius 3 is 2.12 bits per heavy atom. The quantitative estimate of drug-likeness (QED) is 0.823. The second-order valence-electron chi connectivity index (χ2n) is 6.00. The van der Waals surface area contributed by atoms with Crippen molar-refractivity contribution in [1.29, 1.82) is 0 Å². The summed E-state index contributed by atoms with van der Waals surface area (Å²) in [6, 6.07) is 1.30. The summed E-state index contributed by atoms with van der Waals surface area (Å²) < 4.78 is 0. The zero-order valence-corrected chi connectivity index (χ0v) is 12.4. The van der Waals surface area contributed by atoms with Crippen LogP contribution in [0.15, 0.2) is 0 Å². The van der Waals surface area contributed by atoms with Crippen molar-refractivity contribution in [2.24, 2.45) is 5.41 Å². The van der Waals surface area contributed by atoms with E-state index in [0.29, 0.717) is 17.5 Å². The summed E-state index contributed by atoms with van der Waals surface area (Å²) in [5.41, 5.74) is 0.511. The third kappa shape index (κ3) is 5.51. The van der Waals surface area contributed by atoms with Crippen LogP contribution in [0.4, 0.5) is 0 Å². The van der Waals surface area contributed by atoms with Crippen molar-refractivity contribution >= 4 is 12.4 Å². The molecule has 1 fully saturated rings. The third-order valence-corrected chi connectivity index (χ3v) is 3.70. The Kier molecular flexibility index (Phi) is 6.92. The lowest BCUT2D eigenvalue weighted by Crippen LogP contribution is -2.54. The van der Waals surface area contributed by atoms with E-state index in [-0.39, 0.29) is 12.4 Å². The van der Waals surface area contributed by atoms with Crippen molar-refractivity contribution in [2.45, 2.75) is 59.5 Å². The zero-order chi connectivity index (χ0) is 11.5. The molecule has 16 heavy (non-hydrogen) atoms. The van der Waals surface area contributed by atoms with Crippen LogP contribution in [0, 0.1) is 5.41 Å². The van der Waals surface area contributed by atoms with Gasteiger partial charge in [0.1, 0.15) is 0 Å². The standard InChI is InChI=1S/C13H28N2.ClH/c1-6-13(4,5)7-8-15-9-11(2)14-12(3)10-15;/h11-12,14H,6-10H2,1-5H3;1H. The number of hydrogen-bond donors (Lipinski definition) is 1. The maximum atomic E-state index is 3.58. The van der Waals surface area contributed by atoms with Crippen molar-refractivity contribution in [3.8, 4) is 0 Å². The molecule has 3 heteroatoms. The van der Waals surface area contributed by atoms with Gasteiger partial charge in [-0.25, -0.2) is 0 Å². The highest BCUT2D eigenvalue weighted by Gasteiger charge is 2.23. The van der Waals surface area contributed by atoms with E-state index in [0.717, 1.165) is 0 Å². The average Bonchev–Trinajstić information content (AvgIpc) is 2.14. The van der Waals surface area contributed by atoms with E-state index in [1.165, 1.54) is 32.5 Å². The lowest BCUT2D eigenvalue weighted by Gasteiger charge is -2.37. The number of rotatable bonds is 4. The van der Waals surface area contributed by atoms with E-state index in [1.54, 1.807) is 0 Å². The highest BCUT2D eigenvalue weighted by Crippen LogP contribution is 2.24. The van der Waals surface area contributed by atoms with Gasteiger partial charge in [-0.3, -0.25) is 0 Å². The van der Waals surface area contributed by atoms with Gasteiger partial charge in [-0.15, -0.1) is 12.4 Å². The Labute approximate surface area is 108 Å². The Morgan fingerprint density at radius 2 is 1.69 bits per heavy atom. The SMILES string of the molecule is CCC(C)(C)CCN1CC(C)NC(C)C1.Cl. The monoisotopic (exact) mass is 248 g/mol. The molecule has 0 aliphatic carbocycles. The molecule has 1 aliphatic rings. The molecule has 1 aliphatic heterocycles. The van der Waals surface area contributed by atoms with E-state index >= 15 is 0 Å². The van der Waals surface area contributed by atoms with E-state index in [2.05, 4.69) is 44.8 Å². The van der Waals surface area contributed by atoms with Crippen molar-refractivity contribution in [1.82, 2.24) is 10.2 Å². The smallest absolute Gasteiger partial charge is 0.0169 e. The van der Waals surface area contributed by atoms with Gasteiger partial charge >= 0.3 is 0 Å². The second-order valence-corrected chi connectivity index (χ2v) is 6.00. The van der Waals surface area contributed by atoms with Gasteiger partial charge < -0.3 is 10.2 Å². The van der Waals surface area contributed by atoms with Crippen LogP contribution < -0.4 is 5.32 Å². The molecule has 0 amide bonds. The normalized spacial score (nSPS) is 27.6. The maximum absolute atomic E-state index is 3.58. The number of nitrogens with one attached hydrogen (secondary N) is 1. The number of nitrogens with zero attached hydrogens (tertiary/aromatic N) is 1. The Bertz CT molecular complexity index is 184. The minimum Gasteiger partial charge on any atom is -0.309 e. The molecule has 0 saturated carbocycles. The van der Waals surface area contributed by atoms with Crippen LogP contribution in [0.1, 0.15) is 47.5 Å². The average molecular weight is 249 g/mol. The summed E-state index contributed by atoms with van der Waals surface area (Å²) in [7, 11) is 0. The van der Waals surface area contributed by atoms with Crippen LogP contribution in [-0.2, 0) is 0 Å². The predicted molar refractivity (Wildman–Crippen MR) is 74.4 cm³/mol. The van der Waals surface area contributed by atoms with Gasteiger partial charge in [0, 0.05) is 25.2 Å². The van der Waals surface area contributed by atoms with Crippen LogP contribution in [0.3, 0.4) is 0 Å². The molecule has 0 aromatic rings. The summed E-state index contributed by atoms with van der Waals surface area (Å²) in [4.78, 5) is 2.61. The van der Waals surface area contributed by atoms with Crippen LogP contribution in [-0.4, -0.2) is 36.6 Å². The molecule has 2 unspecified atom stereocenters. The summed E-state index contributed by atoms with van der Waals surface area (Å²) in [6.07, 6.45) is 2.60. The lowest BCUT2D eigenvalue weighted by molar-refractivity contribution is 0.149. The van der Waals surface area contributed by atoms with Crippen molar-refractivity contribution in [3.63, 3.8) is 0 Å². The first-order valence-corrected chi connectivity index (χ1v) is 6.41. The fourth-order valence-electron chi connectivity index (χ4n) is 2.26. The number of hydrogen-bond acceptors (Lipinski definition) is 2. The Morgan fingerprint density at radius 1 is 1.19 bits per heavy atom. The summed E-state index contributed by atoms with van der Waals surface area (Å²) in [5, 5.41) is 3.58. The fourth-order valence-corrected chi connectivity index (χ4v) is 2.26. The number of piperazine rings is 1. The summed E-state index contributed by atoms with van der Waals surface area (Å²) >= 11 is 0. The first-order valence-electron chi connectivity index (χ1n) is 6.41. The van der Waals surface area contributed by atoms with Gasteiger partial charge in [-0.05, 0) is 32.2 Å². The molecule has 1 rings (SSSR count). The van der Waals surface area contributed by atoms with Gasteiger partial charge in [-0.2, -0.15) is 0 Å². The van der Waals surface area contributed by atoms with E-state index in [4.69, 9.17) is 0 Å². The van der Waals surface area contributed by atoms with Gasteiger partial charge in [0.05, 0.1) is 0 Å². The Hall–Kier alpha value is 0.210. The predicted octanol–water partition coefficient (Wildman–Crippen LogP) is 2.92. The van der Waals surface area contributed by atoms with Crippen molar-refractivity contribution in [3.05, 3.63) is 0 Å². The van der Waals surface area contributed by atoms with Gasteiger partial charge in [0.15, 0.2) is 0 Å². The molecule has 1 N–H and O–H groups in total. The van der Waals surface area contributed by atoms with Crippen LogP contribution >= 0.6 is 12.4 Å². The van der Waals surface area contributed by atoms with Crippen LogP contribution in [0.25, 0.3) is 0 Å². The summed E-state index contributed by atoms with van der Waals surface area (Å²) in [5.74, 6) is 0. The highest BCUT2D eigenvalue weighted by molar-refractivity contribution is 5.85. The molecule has 2 nitrogen and oxygen atoms in total. The fraction of sp³-hybridized carbons (Fsp3) is 1.00. The summed E-state index contributed by atoms with van der Waals surface area (Å²) in [6.45, 7) is 15.3. The lowest BCUT2D eigenvalue weighted by atomic mass is 9.86. The van der Waals surface area contributed by atoms with Crippen LogP contribution in [0.5, 0.6) is 0 Å². The van der Waals surface area contributed by atoms with Gasteiger partial charge in [0.25, 0.3) is 0 Å². The minimum absolute atomic E-state index is 0. The molecule has 2 atom stereocenters. The molecule has 1 heterocycles. The highest BCUT2D eigenvalue weighted by atomic mass is 35.5. The molecule has 0 aromatic carbocycles. The molecule has 0 spiro atoms. The van der Waals surface area contributed by atoms with E-state index < -0.39 is 0 Å². The molecular formula is C13H29ClN2. The minimum atomic E-state index is 0. The molecule has 0 bridgehead atoms. The second kappa shape index (κ2) is 6.83. The molecule has 98 valence electrons. The third-order valence-electron chi connectivity index (χ3n) is 3.70. The molecule has 0 aromatic heterocycles. The first-order chi connectivity index (χ1) is 6.93. The zero-order valence-electron chi connectivity index (χ0n) is 11.5. The first kappa shape index (κ1) is 16.2. The largest absolute Gasteiger partial charge is 0.309 e. The van der Waals surface area contributed by atoms with E-state index in [9.17, 15) is 0 Å². The molecule has 0 radical (unpaired) electrons. The van der Waals surface area contributed by atoms with E-state index in [1.807, 2.05) is 0 Å². The maximum Gasteiger partial charge on any atom is 0.0169 e. The van der Waals surface area contributed by atoms with Gasteiger partial charge in [0.2, 0.25) is 0 Å². The topological polar surface area (TPSA) is 15.3 Å². The van der Waals surface area contributed by atoms with Crippen LogP contribution in [0.2, 0.25) is 0 Å². The Balaban J connectivity index is 0.00000225.